The van der Waals surface area contributed by atoms with Crippen molar-refractivity contribution < 1.29 is 13.2 Å². The van der Waals surface area contributed by atoms with E-state index in [1.165, 1.54) is 11.8 Å². The Labute approximate surface area is 121 Å². The monoisotopic (exact) mass is 310 g/mol. The maximum absolute atomic E-state index is 12.2. The number of carbonyl (C=O) groups is 1. The number of amidine groups is 1. The molecule has 20 heavy (non-hydrogen) atoms. The van der Waals surface area contributed by atoms with E-state index < -0.39 is 9.84 Å². The van der Waals surface area contributed by atoms with E-state index in [9.17, 15) is 13.2 Å². The van der Waals surface area contributed by atoms with Crippen molar-refractivity contribution in [2.75, 3.05) is 18.1 Å². The van der Waals surface area contributed by atoms with Crippen LogP contribution in [0.25, 0.3) is 0 Å². The van der Waals surface area contributed by atoms with E-state index in [-0.39, 0.29) is 35.1 Å². The summed E-state index contributed by atoms with van der Waals surface area (Å²) in [6.07, 6.45) is 0. The van der Waals surface area contributed by atoms with Crippen molar-refractivity contribution in [3.8, 4) is 0 Å². The van der Waals surface area contributed by atoms with Gasteiger partial charge >= 0.3 is 0 Å². The first kappa shape index (κ1) is 13.6. The van der Waals surface area contributed by atoms with Crippen LogP contribution in [-0.2, 0) is 9.84 Å². The average molecular weight is 310 g/mol. The summed E-state index contributed by atoms with van der Waals surface area (Å²) in [4.78, 5) is 13.8. The molecule has 1 aromatic carbocycles. The third-order valence-corrected chi connectivity index (χ3v) is 6.77. The number of thioether (sulfide) groups is 1. The first-order valence-electron chi connectivity index (χ1n) is 6.27. The number of hydrogen-bond acceptors (Lipinski definition) is 5. The predicted molar refractivity (Wildman–Crippen MR) is 79.0 cm³/mol. The van der Waals surface area contributed by atoms with Gasteiger partial charge in [-0.05, 0) is 0 Å². The highest BCUT2D eigenvalue weighted by Crippen LogP contribution is 2.37. The maximum atomic E-state index is 12.2. The van der Waals surface area contributed by atoms with Gasteiger partial charge in [0.15, 0.2) is 20.8 Å². The van der Waals surface area contributed by atoms with Crippen molar-refractivity contribution in [2.24, 2.45) is 0 Å². The second-order valence-corrected chi connectivity index (χ2v) is 8.40. The third kappa shape index (κ3) is 2.47. The molecular weight excluding hydrogens is 296 g/mol. The van der Waals surface area contributed by atoms with Gasteiger partial charge < -0.3 is 4.90 Å². The molecule has 1 N–H and O–H groups in total. The number of hydrogen-bond donors (Lipinski definition) is 1. The van der Waals surface area contributed by atoms with Crippen LogP contribution >= 0.6 is 11.8 Å². The van der Waals surface area contributed by atoms with E-state index in [4.69, 9.17) is 5.41 Å². The molecule has 0 spiro atoms. The van der Waals surface area contributed by atoms with Crippen LogP contribution in [0, 0.1) is 5.41 Å². The van der Waals surface area contributed by atoms with Gasteiger partial charge in [-0.1, -0.05) is 42.1 Å². The summed E-state index contributed by atoms with van der Waals surface area (Å²) in [5.41, 5.74) is 0.592. The lowest BCUT2D eigenvalue weighted by molar-refractivity contribution is 0.0955. The van der Waals surface area contributed by atoms with Gasteiger partial charge in [0.2, 0.25) is 0 Å². The highest BCUT2D eigenvalue weighted by molar-refractivity contribution is 8.15. The highest BCUT2D eigenvalue weighted by Gasteiger charge is 2.48. The Kier molecular flexibility index (Phi) is 3.33. The van der Waals surface area contributed by atoms with Crippen LogP contribution < -0.4 is 0 Å². The van der Waals surface area contributed by atoms with Gasteiger partial charge in [-0.3, -0.25) is 10.2 Å². The molecule has 0 saturated carbocycles. The summed E-state index contributed by atoms with van der Waals surface area (Å²) in [6, 6.07) is 8.66. The second-order valence-electron chi connectivity index (χ2n) is 5.02. The molecule has 2 heterocycles. The Bertz CT molecular complexity index is 657. The minimum absolute atomic E-state index is 0.0507. The van der Waals surface area contributed by atoms with Crippen LogP contribution in [0.15, 0.2) is 30.3 Å². The van der Waals surface area contributed by atoms with E-state index in [0.717, 1.165) is 0 Å². The zero-order valence-corrected chi connectivity index (χ0v) is 12.3. The molecule has 106 valence electrons. The van der Waals surface area contributed by atoms with Crippen molar-refractivity contribution >= 4 is 32.6 Å². The molecule has 5 nitrogen and oxygen atoms in total. The molecule has 0 unspecified atom stereocenters. The standard InChI is InChI=1S/C13H14N2O3S2/c14-13-15(6-11(16)9-4-2-1-3-5-9)10-7-20(17,18)8-12(10)19-13/h1-5,10,12,14H,6-8H2/t10-,12+/m0/s1. The normalized spacial score (nSPS) is 27.6. The number of nitrogens with zero attached hydrogens (tertiary/aromatic N) is 1. The van der Waals surface area contributed by atoms with Gasteiger partial charge in [-0.2, -0.15) is 0 Å². The fraction of sp³-hybridized carbons (Fsp3) is 0.385. The van der Waals surface area contributed by atoms with E-state index in [1.54, 1.807) is 29.2 Å². The van der Waals surface area contributed by atoms with Gasteiger partial charge in [0.05, 0.1) is 24.1 Å². The zero-order valence-electron chi connectivity index (χ0n) is 10.7. The first-order valence-corrected chi connectivity index (χ1v) is 8.97. The number of benzene rings is 1. The molecule has 2 aliphatic rings. The minimum atomic E-state index is -3.03. The molecule has 3 rings (SSSR count). The van der Waals surface area contributed by atoms with Crippen LogP contribution in [-0.4, -0.2) is 53.6 Å². The molecule has 0 bridgehead atoms. The van der Waals surface area contributed by atoms with Crippen molar-refractivity contribution in [2.45, 2.75) is 11.3 Å². The fourth-order valence-electron chi connectivity index (χ4n) is 2.62. The number of ketones is 1. The van der Waals surface area contributed by atoms with Crippen LogP contribution in [0.2, 0.25) is 0 Å². The lowest BCUT2D eigenvalue weighted by atomic mass is 10.1. The molecule has 2 atom stereocenters. The Balaban J connectivity index is 1.77. The van der Waals surface area contributed by atoms with Crippen molar-refractivity contribution in [1.29, 1.82) is 5.41 Å². The summed E-state index contributed by atoms with van der Waals surface area (Å²) in [7, 11) is -3.03. The van der Waals surface area contributed by atoms with E-state index in [0.29, 0.717) is 10.7 Å². The Morgan fingerprint density at radius 1 is 1.30 bits per heavy atom. The molecule has 0 amide bonds. The highest BCUT2D eigenvalue weighted by atomic mass is 32.2. The number of rotatable bonds is 3. The van der Waals surface area contributed by atoms with E-state index in [1.807, 2.05) is 6.07 Å². The van der Waals surface area contributed by atoms with E-state index >= 15 is 0 Å². The molecule has 7 heteroatoms. The van der Waals surface area contributed by atoms with Crippen LogP contribution in [0.5, 0.6) is 0 Å². The molecular formula is C13H14N2O3S2. The zero-order chi connectivity index (χ0) is 14.3. The van der Waals surface area contributed by atoms with Gasteiger partial charge in [0, 0.05) is 10.8 Å². The fourth-order valence-corrected chi connectivity index (χ4v) is 6.45. The van der Waals surface area contributed by atoms with Crippen LogP contribution in [0.4, 0.5) is 0 Å². The van der Waals surface area contributed by atoms with Crippen molar-refractivity contribution in [1.82, 2.24) is 4.90 Å². The van der Waals surface area contributed by atoms with Crippen molar-refractivity contribution in [3.05, 3.63) is 35.9 Å². The predicted octanol–water partition coefficient (Wildman–Crippen LogP) is 1.02. The Hall–Kier alpha value is -1.34. The van der Waals surface area contributed by atoms with E-state index in [2.05, 4.69) is 0 Å². The third-order valence-electron chi connectivity index (χ3n) is 3.61. The molecule has 2 saturated heterocycles. The van der Waals surface area contributed by atoms with Gasteiger partial charge in [-0.25, -0.2) is 8.42 Å². The molecule has 2 fully saturated rings. The average Bonchev–Trinajstić information content (AvgIpc) is 2.84. The maximum Gasteiger partial charge on any atom is 0.182 e. The van der Waals surface area contributed by atoms with Crippen molar-refractivity contribution in [3.63, 3.8) is 0 Å². The number of fused-ring (bicyclic) bond motifs is 1. The smallest absolute Gasteiger partial charge is 0.182 e. The Morgan fingerprint density at radius 2 is 2.00 bits per heavy atom. The SMILES string of the molecule is N=C1S[C@@H]2CS(=O)(=O)C[C@@H]2N1CC(=O)c1ccccc1. The number of sulfone groups is 1. The molecule has 0 aliphatic carbocycles. The Morgan fingerprint density at radius 3 is 2.70 bits per heavy atom. The van der Waals surface area contributed by atoms with Crippen LogP contribution in [0.1, 0.15) is 10.4 Å². The molecule has 1 aromatic rings. The number of Topliss-reactive ketones (excluding diaryl/α,β-unsaturated/α-hetero) is 1. The number of nitrogens with one attached hydrogen (secondary N) is 1. The number of carbonyl (C=O) groups excluding carboxylic acids is 1. The molecule has 0 aromatic heterocycles. The van der Waals surface area contributed by atoms with Gasteiger partial charge in [-0.15, -0.1) is 0 Å². The summed E-state index contributed by atoms with van der Waals surface area (Å²) in [5.74, 6) is 0.0801. The lowest BCUT2D eigenvalue weighted by Crippen LogP contribution is -2.40. The minimum Gasteiger partial charge on any atom is -0.339 e. The van der Waals surface area contributed by atoms with Crippen LogP contribution in [0.3, 0.4) is 0 Å². The summed E-state index contributed by atoms with van der Waals surface area (Å²) < 4.78 is 23.3. The van der Waals surface area contributed by atoms with Gasteiger partial charge in [0.1, 0.15) is 0 Å². The second kappa shape index (κ2) is 4.89. The van der Waals surface area contributed by atoms with Gasteiger partial charge in [0.25, 0.3) is 0 Å². The quantitative estimate of drug-likeness (QED) is 0.843. The molecule has 2 aliphatic heterocycles. The summed E-state index contributed by atoms with van der Waals surface area (Å²) in [5, 5.41) is 8.13. The largest absolute Gasteiger partial charge is 0.339 e. The first-order chi connectivity index (χ1) is 9.46. The summed E-state index contributed by atoms with van der Waals surface area (Å²) in [6.45, 7) is 0.0759. The topological polar surface area (TPSA) is 78.3 Å². The lowest BCUT2D eigenvalue weighted by Gasteiger charge is -2.22. The summed E-state index contributed by atoms with van der Waals surface area (Å²) >= 11 is 1.26. The molecule has 0 radical (unpaired) electrons.